The molecule has 1 aromatic carbocycles. The van der Waals surface area contributed by atoms with Crippen LogP contribution in [0.3, 0.4) is 0 Å². The van der Waals surface area contributed by atoms with Crippen LogP contribution >= 0.6 is 0 Å². The number of aromatic amines is 1. The van der Waals surface area contributed by atoms with Gasteiger partial charge in [0.2, 0.25) is 0 Å². The number of benzene rings is 1. The van der Waals surface area contributed by atoms with Crippen molar-refractivity contribution in [2.24, 2.45) is 5.41 Å². The van der Waals surface area contributed by atoms with Crippen molar-refractivity contribution >= 4 is 16.9 Å². The maximum absolute atomic E-state index is 6.15. The summed E-state index contributed by atoms with van der Waals surface area (Å²) in [6.45, 7) is 6.79. The van der Waals surface area contributed by atoms with Gasteiger partial charge in [-0.2, -0.15) is 5.10 Å². The number of nitrogens with two attached hydrogens (primary N) is 1. The molecule has 23 heavy (non-hydrogen) atoms. The molecule has 0 radical (unpaired) electrons. The number of H-pyrrole nitrogens is 1. The summed E-state index contributed by atoms with van der Waals surface area (Å²) in [5.74, 6) is 0.637. The topological polar surface area (TPSA) is 67.6 Å². The molecule has 118 valence electrons. The average molecular weight is 306 g/mol. The predicted molar refractivity (Wildman–Crippen MR) is 94.3 cm³/mol. The standard InChI is InChI=1S/C19H22N4/c1-11-6-4-5-7-12(11)16-13-8-9-19(2,3)10-14(13)15-17(20)22-23-18(15)21-16/h4-7H,8-10H2,1-3H3,(H3,20,21,22,23). The van der Waals surface area contributed by atoms with E-state index in [9.17, 15) is 0 Å². The summed E-state index contributed by atoms with van der Waals surface area (Å²) in [5.41, 5.74) is 13.4. The molecule has 1 aliphatic rings. The van der Waals surface area contributed by atoms with Crippen LogP contribution in [0.1, 0.15) is 37.0 Å². The highest BCUT2D eigenvalue weighted by Crippen LogP contribution is 2.42. The van der Waals surface area contributed by atoms with Crippen molar-refractivity contribution in [3.05, 3.63) is 41.0 Å². The number of rotatable bonds is 1. The third-order valence-corrected chi connectivity index (χ3v) is 5.05. The second-order valence-corrected chi connectivity index (χ2v) is 7.41. The van der Waals surface area contributed by atoms with E-state index in [4.69, 9.17) is 10.7 Å². The van der Waals surface area contributed by atoms with Crippen LogP contribution in [0, 0.1) is 12.3 Å². The van der Waals surface area contributed by atoms with Gasteiger partial charge in [0, 0.05) is 5.56 Å². The third kappa shape index (κ3) is 2.21. The van der Waals surface area contributed by atoms with E-state index in [2.05, 4.69) is 55.2 Å². The van der Waals surface area contributed by atoms with E-state index in [1.165, 1.54) is 28.7 Å². The van der Waals surface area contributed by atoms with Gasteiger partial charge in [0.1, 0.15) is 5.82 Å². The number of aromatic nitrogens is 3. The molecule has 4 heteroatoms. The summed E-state index contributed by atoms with van der Waals surface area (Å²) in [4.78, 5) is 4.87. The van der Waals surface area contributed by atoms with Gasteiger partial charge in [-0.3, -0.25) is 5.10 Å². The monoisotopic (exact) mass is 306 g/mol. The number of hydrogen-bond acceptors (Lipinski definition) is 3. The first-order valence-corrected chi connectivity index (χ1v) is 8.17. The first-order chi connectivity index (χ1) is 11.0. The van der Waals surface area contributed by atoms with Crippen molar-refractivity contribution in [2.75, 3.05) is 5.73 Å². The lowest BCUT2D eigenvalue weighted by molar-refractivity contribution is 0.317. The molecule has 0 amide bonds. The van der Waals surface area contributed by atoms with Gasteiger partial charge in [0.15, 0.2) is 5.65 Å². The van der Waals surface area contributed by atoms with Crippen molar-refractivity contribution in [1.82, 2.24) is 15.2 Å². The Morgan fingerprint density at radius 2 is 1.96 bits per heavy atom. The van der Waals surface area contributed by atoms with Crippen LogP contribution in [0.5, 0.6) is 0 Å². The van der Waals surface area contributed by atoms with Crippen molar-refractivity contribution in [3.8, 4) is 11.3 Å². The maximum Gasteiger partial charge on any atom is 0.183 e. The van der Waals surface area contributed by atoms with Gasteiger partial charge in [-0.15, -0.1) is 0 Å². The van der Waals surface area contributed by atoms with Crippen molar-refractivity contribution < 1.29 is 0 Å². The van der Waals surface area contributed by atoms with Crippen LogP contribution in [0.4, 0.5) is 5.82 Å². The fourth-order valence-electron chi connectivity index (χ4n) is 3.75. The zero-order valence-corrected chi connectivity index (χ0v) is 13.9. The number of nitrogen functional groups attached to an aromatic ring is 1. The molecule has 0 saturated heterocycles. The summed E-state index contributed by atoms with van der Waals surface area (Å²) < 4.78 is 0. The van der Waals surface area contributed by atoms with Crippen LogP contribution in [0.25, 0.3) is 22.3 Å². The second-order valence-electron chi connectivity index (χ2n) is 7.41. The molecule has 0 fully saturated rings. The molecule has 0 saturated carbocycles. The second kappa shape index (κ2) is 4.82. The Hall–Kier alpha value is -2.36. The van der Waals surface area contributed by atoms with Gasteiger partial charge >= 0.3 is 0 Å². The molecule has 4 nitrogen and oxygen atoms in total. The minimum absolute atomic E-state index is 0.286. The lowest BCUT2D eigenvalue weighted by atomic mass is 9.73. The smallest absolute Gasteiger partial charge is 0.183 e. The van der Waals surface area contributed by atoms with Gasteiger partial charge in [0.05, 0.1) is 11.1 Å². The minimum atomic E-state index is 0.286. The highest BCUT2D eigenvalue weighted by Gasteiger charge is 2.31. The maximum atomic E-state index is 6.15. The highest BCUT2D eigenvalue weighted by molar-refractivity contribution is 5.93. The number of fused-ring (bicyclic) bond motifs is 3. The van der Waals surface area contributed by atoms with E-state index in [0.717, 1.165) is 29.6 Å². The van der Waals surface area contributed by atoms with E-state index in [-0.39, 0.29) is 5.41 Å². The Kier molecular flexibility index (Phi) is 2.98. The Morgan fingerprint density at radius 1 is 1.17 bits per heavy atom. The first kappa shape index (κ1) is 14.2. The number of hydrogen-bond donors (Lipinski definition) is 2. The number of anilines is 1. The first-order valence-electron chi connectivity index (χ1n) is 8.17. The number of pyridine rings is 1. The van der Waals surface area contributed by atoms with Gasteiger partial charge < -0.3 is 5.73 Å². The number of aryl methyl sites for hydroxylation is 1. The van der Waals surface area contributed by atoms with E-state index in [1.54, 1.807) is 0 Å². The number of nitrogens with zero attached hydrogens (tertiary/aromatic N) is 2. The third-order valence-electron chi connectivity index (χ3n) is 5.05. The van der Waals surface area contributed by atoms with E-state index in [0.29, 0.717) is 5.82 Å². The molecule has 2 heterocycles. The van der Waals surface area contributed by atoms with Crippen LogP contribution in [0.15, 0.2) is 24.3 Å². The largest absolute Gasteiger partial charge is 0.384 e. The molecular formula is C19H22N4. The van der Waals surface area contributed by atoms with E-state index in [1.807, 2.05) is 0 Å². The lowest BCUT2D eigenvalue weighted by Crippen LogP contribution is -2.23. The van der Waals surface area contributed by atoms with Crippen molar-refractivity contribution in [2.45, 2.75) is 40.0 Å². The SMILES string of the molecule is Cc1ccccc1-c1nc2n[nH]c(N)c2c2c1CCC(C)(C)C2. The Bertz CT molecular complexity index is 905. The zero-order valence-electron chi connectivity index (χ0n) is 13.9. The molecule has 2 aromatic heterocycles. The summed E-state index contributed by atoms with van der Waals surface area (Å²) in [7, 11) is 0. The molecule has 0 aliphatic heterocycles. The Balaban J connectivity index is 2.06. The van der Waals surface area contributed by atoms with Crippen molar-refractivity contribution in [3.63, 3.8) is 0 Å². The van der Waals surface area contributed by atoms with Crippen molar-refractivity contribution in [1.29, 1.82) is 0 Å². The normalized spacial score (nSPS) is 16.5. The minimum Gasteiger partial charge on any atom is -0.384 e. The molecular weight excluding hydrogens is 284 g/mol. The molecule has 4 rings (SSSR count). The van der Waals surface area contributed by atoms with E-state index < -0.39 is 0 Å². The quantitative estimate of drug-likeness (QED) is 0.713. The van der Waals surface area contributed by atoms with Crippen LogP contribution in [-0.4, -0.2) is 15.2 Å². The molecule has 3 N–H and O–H groups in total. The highest BCUT2D eigenvalue weighted by atomic mass is 15.2. The summed E-state index contributed by atoms with van der Waals surface area (Å²) in [6.07, 6.45) is 3.23. The van der Waals surface area contributed by atoms with Crippen LogP contribution in [0.2, 0.25) is 0 Å². The molecule has 0 unspecified atom stereocenters. The Labute approximate surface area is 136 Å². The van der Waals surface area contributed by atoms with Gasteiger partial charge in [-0.05, 0) is 48.3 Å². The summed E-state index contributed by atoms with van der Waals surface area (Å²) in [5, 5.41) is 8.26. The zero-order chi connectivity index (χ0) is 16.2. The van der Waals surface area contributed by atoms with Crippen LogP contribution in [-0.2, 0) is 12.8 Å². The van der Waals surface area contributed by atoms with Gasteiger partial charge in [-0.1, -0.05) is 38.1 Å². The fraction of sp³-hybridized carbons (Fsp3) is 0.368. The molecule has 0 bridgehead atoms. The lowest BCUT2D eigenvalue weighted by Gasteiger charge is -2.32. The summed E-state index contributed by atoms with van der Waals surface area (Å²) >= 11 is 0. The van der Waals surface area contributed by atoms with Gasteiger partial charge in [-0.25, -0.2) is 4.98 Å². The predicted octanol–water partition coefficient (Wildman–Crippen LogP) is 4.03. The molecule has 1 aliphatic carbocycles. The molecule has 0 atom stereocenters. The summed E-state index contributed by atoms with van der Waals surface area (Å²) in [6, 6.07) is 8.44. The average Bonchev–Trinajstić information content (AvgIpc) is 2.87. The molecule has 3 aromatic rings. The van der Waals surface area contributed by atoms with Gasteiger partial charge in [0.25, 0.3) is 0 Å². The number of nitrogens with one attached hydrogen (secondary N) is 1. The van der Waals surface area contributed by atoms with E-state index >= 15 is 0 Å². The Morgan fingerprint density at radius 3 is 2.74 bits per heavy atom. The van der Waals surface area contributed by atoms with Crippen LogP contribution < -0.4 is 5.73 Å². The molecule has 0 spiro atoms. The fourth-order valence-corrected chi connectivity index (χ4v) is 3.75.